The summed E-state index contributed by atoms with van der Waals surface area (Å²) in [5, 5.41) is 3.73. The fraction of sp³-hybridized carbons (Fsp3) is 0.412. The number of alkyl halides is 3. The van der Waals surface area contributed by atoms with Gasteiger partial charge in [-0.25, -0.2) is 5.43 Å². The van der Waals surface area contributed by atoms with E-state index in [0.29, 0.717) is 6.41 Å². The van der Waals surface area contributed by atoms with E-state index in [-0.39, 0.29) is 28.9 Å². The van der Waals surface area contributed by atoms with Crippen LogP contribution < -0.4 is 5.43 Å². The first-order valence-corrected chi connectivity index (χ1v) is 7.24. The van der Waals surface area contributed by atoms with Crippen molar-refractivity contribution in [2.45, 2.75) is 26.9 Å². The molecular formula is C17H21F3N2O2. The average molecular weight is 342 g/mol. The molecule has 0 aliphatic rings. The van der Waals surface area contributed by atoms with Crippen molar-refractivity contribution in [1.82, 2.24) is 5.43 Å². The smallest absolute Gasteiger partial charge is 0.378 e. The second-order valence-corrected chi connectivity index (χ2v) is 6.24. The van der Waals surface area contributed by atoms with Crippen molar-refractivity contribution in [3.8, 4) is 0 Å². The number of methoxy groups -OCH3 is 1. The number of carbonyl (C=O) groups excluding carboxylic acids is 1. The summed E-state index contributed by atoms with van der Waals surface area (Å²) in [6.07, 6.45) is -0.997. The van der Waals surface area contributed by atoms with Crippen molar-refractivity contribution >= 4 is 18.2 Å². The molecule has 1 N–H and O–H groups in total. The predicted octanol–water partition coefficient (Wildman–Crippen LogP) is 3.86. The van der Waals surface area contributed by atoms with Gasteiger partial charge in [0.15, 0.2) is 0 Å². The molecule has 0 heterocycles. The van der Waals surface area contributed by atoms with Crippen LogP contribution >= 0.6 is 0 Å². The van der Waals surface area contributed by atoms with Gasteiger partial charge in [0.25, 0.3) is 0 Å². The number of hydrazone groups is 1. The molecule has 24 heavy (non-hydrogen) atoms. The molecule has 0 fully saturated rings. The minimum Gasteiger partial charge on any atom is -0.378 e. The topological polar surface area (TPSA) is 50.7 Å². The summed E-state index contributed by atoms with van der Waals surface area (Å²) < 4.78 is 45.0. The van der Waals surface area contributed by atoms with Crippen LogP contribution in [0.15, 0.2) is 29.4 Å². The Morgan fingerprint density at radius 1 is 1.29 bits per heavy atom. The fourth-order valence-electron chi connectivity index (χ4n) is 1.89. The van der Waals surface area contributed by atoms with E-state index in [1.54, 1.807) is 6.08 Å². The zero-order chi connectivity index (χ0) is 18.4. The Morgan fingerprint density at radius 2 is 1.96 bits per heavy atom. The SMILES string of the molecule is COC/C(=N\NC=O)c1ccc(/C=C/C(C)(C)C)c(C(F)(F)F)c1. The number of ether oxygens (including phenoxy) is 1. The third kappa shape index (κ3) is 6.16. The summed E-state index contributed by atoms with van der Waals surface area (Å²) >= 11 is 0. The molecule has 0 saturated carbocycles. The maximum absolute atomic E-state index is 13.4. The third-order valence-corrected chi connectivity index (χ3v) is 2.99. The van der Waals surface area contributed by atoms with Crippen molar-refractivity contribution in [2.24, 2.45) is 10.5 Å². The Hall–Kier alpha value is -2.15. The molecule has 0 unspecified atom stereocenters. The lowest BCUT2D eigenvalue weighted by Gasteiger charge is -2.15. The Morgan fingerprint density at radius 3 is 2.46 bits per heavy atom. The van der Waals surface area contributed by atoms with Crippen molar-refractivity contribution in [3.05, 3.63) is 41.0 Å². The number of nitrogens with one attached hydrogen (secondary N) is 1. The van der Waals surface area contributed by atoms with Crippen LogP contribution in [-0.4, -0.2) is 25.8 Å². The largest absolute Gasteiger partial charge is 0.417 e. The van der Waals surface area contributed by atoms with E-state index in [2.05, 4.69) is 10.5 Å². The Balaban J connectivity index is 3.38. The molecule has 0 atom stereocenters. The first kappa shape index (κ1) is 19.9. The van der Waals surface area contributed by atoms with Crippen LogP contribution in [-0.2, 0) is 15.7 Å². The number of amides is 1. The van der Waals surface area contributed by atoms with E-state index >= 15 is 0 Å². The second-order valence-electron chi connectivity index (χ2n) is 6.24. The molecule has 0 bridgehead atoms. The lowest BCUT2D eigenvalue weighted by molar-refractivity contribution is -0.137. The van der Waals surface area contributed by atoms with E-state index in [1.807, 2.05) is 20.8 Å². The summed E-state index contributed by atoms with van der Waals surface area (Å²) in [6.45, 7) is 5.67. The van der Waals surface area contributed by atoms with E-state index < -0.39 is 11.7 Å². The molecule has 1 amide bonds. The summed E-state index contributed by atoms with van der Waals surface area (Å²) in [7, 11) is 1.39. The molecule has 1 rings (SSSR count). The minimum atomic E-state index is -4.51. The number of allylic oxidation sites excluding steroid dienone is 1. The van der Waals surface area contributed by atoms with E-state index in [1.165, 1.54) is 25.3 Å². The van der Waals surface area contributed by atoms with Gasteiger partial charge in [-0.15, -0.1) is 0 Å². The van der Waals surface area contributed by atoms with Crippen molar-refractivity contribution < 1.29 is 22.7 Å². The van der Waals surface area contributed by atoms with Crippen LogP contribution in [0, 0.1) is 5.41 Å². The highest BCUT2D eigenvalue weighted by atomic mass is 19.4. The predicted molar refractivity (Wildman–Crippen MR) is 87.5 cm³/mol. The van der Waals surface area contributed by atoms with Gasteiger partial charge in [-0.05, 0) is 17.0 Å². The standard InChI is InChI=1S/C17H21F3N2O2/c1-16(2,3)8-7-12-5-6-13(9-14(12)17(18,19)20)15(10-24-4)22-21-11-23/h5-9,11H,10H2,1-4H3,(H,21,23)/b8-7+,22-15+. The molecule has 0 saturated heterocycles. The van der Waals surface area contributed by atoms with E-state index in [4.69, 9.17) is 4.74 Å². The third-order valence-electron chi connectivity index (χ3n) is 2.99. The minimum absolute atomic E-state index is 0.0324. The number of nitrogens with zero attached hydrogens (tertiary/aromatic N) is 1. The molecule has 0 aliphatic heterocycles. The molecule has 0 spiro atoms. The maximum Gasteiger partial charge on any atom is 0.417 e. The van der Waals surface area contributed by atoms with Gasteiger partial charge in [0, 0.05) is 12.7 Å². The van der Waals surface area contributed by atoms with Crippen LogP contribution in [0.25, 0.3) is 6.08 Å². The van der Waals surface area contributed by atoms with Crippen LogP contribution in [0.4, 0.5) is 13.2 Å². The summed E-state index contributed by atoms with van der Waals surface area (Å²) in [6, 6.07) is 3.90. The normalized spacial score (nSPS) is 13.4. The lowest BCUT2D eigenvalue weighted by Crippen LogP contribution is -2.16. The Bertz CT molecular complexity index is 630. The molecule has 1 aromatic rings. The van der Waals surface area contributed by atoms with Crippen LogP contribution in [0.2, 0.25) is 0 Å². The number of carbonyl (C=O) groups is 1. The van der Waals surface area contributed by atoms with Crippen LogP contribution in [0.1, 0.15) is 37.5 Å². The van der Waals surface area contributed by atoms with E-state index in [9.17, 15) is 18.0 Å². The van der Waals surface area contributed by atoms with Gasteiger partial charge in [0.05, 0.1) is 17.9 Å². The molecule has 0 radical (unpaired) electrons. The van der Waals surface area contributed by atoms with Crippen molar-refractivity contribution in [3.63, 3.8) is 0 Å². The Kier molecular flexibility index (Phi) is 6.71. The van der Waals surface area contributed by atoms with Crippen LogP contribution in [0.5, 0.6) is 0 Å². The number of hydrogen-bond acceptors (Lipinski definition) is 3. The van der Waals surface area contributed by atoms with Gasteiger partial charge in [0.2, 0.25) is 6.41 Å². The first-order chi connectivity index (χ1) is 11.1. The number of rotatable bonds is 6. The fourth-order valence-corrected chi connectivity index (χ4v) is 1.89. The molecular weight excluding hydrogens is 321 g/mol. The molecule has 4 nitrogen and oxygen atoms in total. The molecule has 0 aromatic heterocycles. The lowest BCUT2D eigenvalue weighted by atomic mass is 9.93. The summed E-state index contributed by atoms with van der Waals surface area (Å²) in [4.78, 5) is 10.4. The first-order valence-electron chi connectivity index (χ1n) is 7.24. The molecule has 132 valence electrons. The van der Waals surface area contributed by atoms with Crippen molar-refractivity contribution in [2.75, 3.05) is 13.7 Å². The quantitative estimate of drug-likeness (QED) is 0.485. The highest BCUT2D eigenvalue weighted by Crippen LogP contribution is 2.34. The second kappa shape index (κ2) is 8.10. The highest BCUT2D eigenvalue weighted by Gasteiger charge is 2.33. The van der Waals surface area contributed by atoms with Gasteiger partial charge in [-0.3, -0.25) is 4.79 Å². The maximum atomic E-state index is 13.4. The summed E-state index contributed by atoms with van der Waals surface area (Å²) in [5.74, 6) is 0. The molecule has 7 heteroatoms. The number of benzene rings is 1. The number of hydrogen-bond donors (Lipinski definition) is 1. The van der Waals surface area contributed by atoms with Gasteiger partial charge >= 0.3 is 6.18 Å². The molecule has 0 aliphatic carbocycles. The summed E-state index contributed by atoms with van der Waals surface area (Å²) in [5.41, 5.74) is 1.57. The number of halogens is 3. The monoisotopic (exact) mass is 342 g/mol. The zero-order valence-corrected chi connectivity index (χ0v) is 14.1. The molecule has 1 aromatic carbocycles. The average Bonchev–Trinajstić information content (AvgIpc) is 2.47. The highest BCUT2D eigenvalue weighted by molar-refractivity contribution is 6.02. The van der Waals surface area contributed by atoms with Crippen molar-refractivity contribution in [1.29, 1.82) is 0 Å². The zero-order valence-electron chi connectivity index (χ0n) is 14.1. The van der Waals surface area contributed by atoms with Crippen LogP contribution in [0.3, 0.4) is 0 Å². The Labute approximate surface area is 139 Å². The van der Waals surface area contributed by atoms with Gasteiger partial charge in [-0.1, -0.05) is 45.1 Å². The van der Waals surface area contributed by atoms with E-state index in [0.717, 1.165) is 6.07 Å². The van der Waals surface area contributed by atoms with Gasteiger partial charge in [-0.2, -0.15) is 18.3 Å². The van der Waals surface area contributed by atoms with Gasteiger partial charge < -0.3 is 4.74 Å². The van der Waals surface area contributed by atoms with Gasteiger partial charge in [0.1, 0.15) is 0 Å².